The van der Waals surface area contributed by atoms with Crippen LogP contribution in [-0.4, -0.2) is 116 Å². The van der Waals surface area contributed by atoms with E-state index in [1.807, 2.05) is 45.0 Å². The summed E-state index contributed by atoms with van der Waals surface area (Å²) in [6.45, 7) is 6.53. The van der Waals surface area contributed by atoms with Crippen LogP contribution in [-0.2, 0) is 25.7 Å². The Kier molecular flexibility index (Phi) is 12.3. The zero-order valence-electron chi connectivity index (χ0n) is 36.9. The van der Waals surface area contributed by atoms with Crippen molar-refractivity contribution in [3.8, 4) is 28.1 Å². The number of hydrogen-bond acceptors (Lipinski definition) is 9. The Morgan fingerprint density at radius 2 is 1.77 bits per heavy atom. The average molecular weight is 885 g/mol. The number of methoxy groups -OCH3 is 1. The number of nitrogens with zero attached hydrogens (tertiary/aromatic N) is 5. The highest BCUT2D eigenvalue weighted by Gasteiger charge is 2.44. The number of alkyl carbamates (subject to hydrolysis) is 1. The quantitative estimate of drug-likeness (QED) is 0.0958. The van der Waals surface area contributed by atoms with Crippen LogP contribution < -0.4 is 10.1 Å². The number of halogens is 2. The number of amides is 4. The second-order valence-electron chi connectivity index (χ2n) is 17.8. The molecular formula is C46H54F2N8O8. The number of alkyl halides is 2. The van der Waals surface area contributed by atoms with E-state index in [9.17, 15) is 33.1 Å². The van der Waals surface area contributed by atoms with Gasteiger partial charge in [0.2, 0.25) is 11.8 Å². The number of fused-ring (bicyclic) bond motifs is 6. The SMILES string of the molecule is COC(=O)N[C@H](C(=O)N1C[C@@H](COC(F)F)C[C@H]1c1nc2ccc3cc4c(cc3c2[nH]1)OCc1cc(-c2cnc([C@@H]3CC[C@H](C)N3C(=O)[C@H](C(C)C)N(C)C(=O)O)[nH]2)ccc1-4)C(C)C. The van der Waals surface area contributed by atoms with E-state index in [1.165, 1.54) is 14.2 Å². The van der Waals surface area contributed by atoms with Crippen molar-refractivity contribution in [1.82, 2.24) is 40.0 Å². The van der Waals surface area contributed by atoms with Crippen LogP contribution in [0.3, 0.4) is 0 Å². The number of aromatic nitrogens is 4. The van der Waals surface area contributed by atoms with Crippen LogP contribution in [0.2, 0.25) is 0 Å². The molecule has 4 amide bonds. The van der Waals surface area contributed by atoms with Crippen molar-refractivity contribution in [2.75, 3.05) is 27.3 Å². The van der Waals surface area contributed by atoms with Crippen LogP contribution in [0.4, 0.5) is 18.4 Å². The summed E-state index contributed by atoms with van der Waals surface area (Å²) >= 11 is 0. The lowest BCUT2D eigenvalue weighted by molar-refractivity contribution is -0.141. The standard InChI is InChI=1S/C46H54F2N8O8/c1-22(2)37(53-45(59)62-7)42(57)55-19-25(20-64-44(47)48)14-35(55)41-50-32-12-10-26-16-31-29-11-9-27(15-28(29)21-63-36(31)17-30(26)38(32)52-41)33-18-49-40(51-33)34-13-8-24(5)56(34)43(58)39(23(3)4)54(6)46(60)61/h9-12,15-18,22-25,34-35,37,39,44H,8,13-14,19-21H2,1-7H3,(H,49,51)(H,50,52)(H,53,59)(H,60,61)/t24-,25-,34-,35-,37-,39-/m0/s1. The third kappa shape index (κ3) is 8.30. The first kappa shape index (κ1) is 44.3. The van der Waals surface area contributed by atoms with Gasteiger partial charge in [-0.15, -0.1) is 0 Å². The smallest absolute Gasteiger partial charge is 0.407 e. The molecule has 0 unspecified atom stereocenters. The number of aromatic amines is 2. The van der Waals surface area contributed by atoms with Crippen LogP contribution in [0.25, 0.3) is 44.2 Å². The molecule has 16 nitrogen and oxygen atoms in total. The summed E-state index contributed by atoms with van der Waals surface area (Å²) in [5, 5.41) is 14.1. The molecule has 18 heteroatoms. The lowest BCUT2D eigenvalue weighted by atomic mass is 9.92. The molecule has 3 aliphatic heterocycles. The lowest BCUT2D eigenvalue weighted by Crippen LogP contribution is -2.53. The van der Waals surface area contributed by atoms with E-state index in [0.29, 0.717) is 42.4 Å². The number of likely N-dealkylation sites (tertiary alicyclic amines) is 2. The Bertz CT molecular complexity index is 2590. The number of carboxylic acid groups (broad SMARTS) is 1. The largest absolute Gasteiger partial charge is 0.488 e. The molecule has 0 spiro atoms. The molecule has 0 aliphatic carbocycles. The molecule has 2 aromatic heterocycles. The van der Waals surface area contributed by atoms with Crippen LogP contribution in [0.15, 0.2) is 48.7 Å². The van der Waals surface area contributed by atoms with Crippen LogP contribution in [0.5, 0.6) is 5.75 Å². The van der Waals surface area contributed by atoms with Gasteiger partial charge in [-0.3, -0.25) is 14.5 Å². The number of benzene rings is 3. The minimum Gasteiger partial charge on any atom is -0.488 e. The predicted octanol–water partition coefficient (Wildman–Crippen LogP) is 7.86. The molecule has 5 aromatic rings. The molecule has 2 saturated heterocycles. The molecule has 4 N–H and O–H groups in total. The average Bonchev–Trinajstić information content (AvgIpc) is 4.09. The van der Waals surface area contributed by atoms with Crippen molar-refractivity contribution < 1.29 is 47.3 Å². The fourth-order valence-corrected chi connectivity index (χ4v) is 9.72. The molecule has 0 radical (unpaired) electrons. The molecule has 0 bridgehead atoms. The van der Waals surface area contributed by atoms with E-state index in [0.717, 1.165) is 55.6 Å². The number of H-pyrrole nitrogens is 2. The summed E-state index contributed by atoms with van der Waals surface area (Å²) in [7, 11) is 2.65. The molecule has 340 valence electrons. The fourth-order valence-electron chi connectivity index (χ4n) is 9.72. The summed E-state index contributed by atoms with van der Waals surface area (Å²) in [5.74, 6) is 0.303. The number of hydrogen-bond donors (Lipinski definition) is 4. The number of imidazole rings is 2. The Morgan fingerprint density at radius 3 is 2.47 bits per heavy atom. The number of rotatable bonds is 12. The van der Waals surface area contributed by atoms with E-state index in [-0.39, 0.29) is 48.9 Å². The maximum Gasteiger partial charge on any atom is 0.407 e. The third-order valence-corrected chi connectivity index (χ3v) is 13.0. The van der Waals surface area contributed by atoms with Crippen molar-refractivity contribution in [1.29, 1.82) is 0 Å². The molecule has 0 saturated carbocycles. The first-order valence-electron chi connectivity index (χ1n) is 21.6. The van der Waals surface area contributed by atoms with E-state index in [1.54, 1.807) is 29.8 Å². The van der Waals surface area contributed by atoms with Gasteiger partial charge in [-0.1, -0.05) is 45.9 Å². The number of nitrogens with one attached hydrogen (secondary N) is 3. The van der Waals surface area contributed by atoms with Crippen molar-refractivity contribution in [2.45, 2.75) is 97.3 Å². The van der Waals surface area contributed by atoms with Gasteiger partial charge in [-0.25, -0.2) is 19.6 Å². The maximum absolute atomic E-state index is 14.0. The highest BCUT2D eigenvalue weighted by molar-refractivity contribution is 6.07. The first-order chi connectivity index (χ1) is 30.5. The topological polar surface area (TPSA) is 195 Å². The Hall–Kier alpha value is -6.30. The molecule has 6 atom stereocenters. The Balaban J connectivity index is 1.06. The van der Waals surface area contributed by atoms with Crippen LogP contribution >= 0.6 is 0 Å². The zero-order chi connectivity index (χ0) is 45.7. The normalized spacial score (nSPS) is 20.4. The highest BCUT2D eigenvalue weighted by atomic mass is 19.3. The van der Waals surface area contributed by atoms with Crippen LogP contribution in [0, 0.1) is 17.8 Å². The molecule has 2 fully saturated rings. The second-order valence-corrected chi connectivity index (χ2v) is 17.8. The predicted molar refractivity (Wildman–Crippen MR) is 232 cm³/mol. The van der Waals surface area contributed by atoms with Crippen molar-refractivity contribution in [2.24, 2.45) is 17.8 Å². The van der Waals surface area contributed by atoms with Gasteiger partial charge >= 0.3 is 18.8 Å². The van der Waals surface area contributed by atoms with Crippen LogP contribution in [0.1, 0.15) is 83.2 Å². The highest BCUT2D eigenvalue weighted by Crippen LogP contribution is 2.44. The summed E-state index contributed by atoms with van der Waals surface area (Å²) in [5.41, 5.74) is 5.97. The Labute approximate surface area is 368 Å². The summed E-state index contributed by atoms with van der Waals surface area (Å²) < 4.78 is 42.0. The van der Waals surface area contributed by atoms with Crippen molar-refractivity contribution in [3.05, 3.63) is 65.9 Å². The van der Waals surface area contributed by atoms with Gasteiger partial charge in [0.25, 0.3) is 0 Å². The third-order valence-electron chi connectivity index (χ3n) is 13.0. The summed E-state index contributed by atoms with van der Waals surface area (Å²) in [6, 6.07) is 11.3. The molecule has 5 heterocycles. The maximum atomic E-state index is 14.0. The molecule has 8 rings (SSSR count). The van der Waals surface area contributed by atoms with Gasteiger partial charge < -0.3 is 44.4 Å². The molecule has 64 heavy (non-hydrogen) atoms. The first-order valence-corrected chi connectivity index (χ1v) is 21.6. The number of carbonyl (C=O) groups is 4. The van der Waals surface area contributed by atoms with Gasteiger partial charge in [-0.05, 0) is 84.4 Å². The lowest BCUT2D eigenvalue weighted by Gasteiger charge is -2.36. The number of likely N-dealkylation sites (N-methyl/N-ethyl adjacent to an activating group) is 1. The second kappa shape index (κ2) is 17.7. The Morgan fingerprint density at radius 1 is 0.984 bits per heavy atom. The van der Waals surface area contributed by atoms with Crippen molar-refractivity contribution >= 4 is 45.8 Å². The zero-order valence-corrected chi connectivity index (χ0v) is 36.9. The minimum atomic E-state index is -2.95. The summed E-state index contributed by atoms with van der Waals surface area (Å²) in [4.78, 5) is 73.1. The molecular weight excluding hydrogens is 831 g/mol. The fraction of sp³-hybridized carbons (Fsp3) is 0.478. The van der Waals surface area contributed by atoms with E-state index < -0.39 is 42.8 Å². The van der Waals surface area contributed by atoms with E-state index in [2.05, 4.69) is 38.2 Å². The van der Waals surface area contributed by atoms with Gasteiger partial charge in [-0.2, -0.15) is 8.78 Å². The minimum absolute atomic E-state index is 0.0812. The number of ether oxygens (including phenoxy) is 3. The monoisotopic (exact) mass is 884 g/mol. The van der Waals surface area contributed by atoms with Gasteiger partial charge in [0.05, 0.1) is 48.7 Å². The van der Waals surface area contributed by atoms with Gasteiger partial charge in [0, 0.05) is 36.5 Å². The van der Waals surface area contributed by atoms with E-state index >= 15 is 0 Å². The number of carbonyl (C=O) groups excluding carboxylic acids is 3. The van der Waals surface area contributed by atoms with E-state index in [4.69, 9.17) is 19.4 Å². The van der Waals surface area contributed by atoms with Gasteiger partial charge in [0.15, 0.2) is 0 Å². The molecule has 3 aromatic carbocycles. The molecule has 3 aliphatic rings. The van der Waals surface area contributed by atoms with Crippen molar-refractivity contribution in [3.63, 3.8) is 0 Å². The summed E-state index contributed by atoms with van der Waals surface area (Å²) in [6.07, 6.45) is 1.65. The van der Waals surface area contributed by atoms with Gasteiger partial charge in [0.1, 0.15) is 36.1 Å².